The number of aliphatic imine (C=N–C) groups is 1. The van der Waals surface area contributed by atoms with Gasteiger partial charge in [-0.15, -0.1) is 0 Å². The van der Waals surface area contributed by atoms with Crippen LogP contribution in [0, 0.1) is 6.92 Å². The van der Waals surface area contributed by atoms with E-state index in [1.807, 2.05) is 33.0 Å². The Kier molecular flexibility index (Phi) is 4.90. The van der Waals surface area contributed by atoms with Crippen LogP contribution in [0.25, 0.3) is 0 Å². The van der Waals surface area contributed by atoms with Gasteiger partial charge in [0, 0.05) is 29.7 Å². The SMILES string of the molecule is C/C=C\N=C(C)Cc1nc(C)ccc1CC. The van der Waals surface area contributed by atoms with E-state index in [9.17, 15) is 0 Å². The first kappa shape index (κ1) is 12.6. The molecular formula is C14H20N2. The average Bonchev–Trinajstić information content (AvgIpc) is 2.27. The lowest BCUT2D eigenvalue weighted by Gasteiger charge is -2.07. The minimum atomic E-state index is 0.842. The molecule has 2 nitrogen and oxygen atoms in total. The van der Waals surface area contributed by atoms with Crippen LogP contribution < -0.4 is 0 Å². The quantitative estimate of drug-likeness (QED) is 0.707. The molecule has 16 heavy (non-hydrogen) atoms. The second kappa shape index (κ2) is 6.21. The van der Waals surface area contributed by atoms with Crippen molar-refractivity contribution in [2.45, 2.75) is 40.5 Å². The van der Waals surface area contributed by atoms with E-state index < -0.39 is 0 Å². The summed E-state index contributed by atoms with van der Waals surface area (Å²) in [5, 5.41) is 0. The molecule has 0 aliphatic rings. The first-order valence-electron chi connectivity index (χ1n) is 5.77. The molecule has 0 N–H and O–H groups in total. The fourth-order valence-corrected chi connectivity index (χ4v) is 1.60. The molecule has 1 heterocycles. The monoisotopic (exact) mass is 216 g/mol. The minimum Gasteiger partial charge on any atom is -0.266 e. The highest BCUT2D eigenvalue weighted by Gasteiger charge is 2.04. The number of pyridine rings is 1. The summed E-state index contributed by atoms with van der Waals surface area (Å²) in [7, 11) is 0. The highest BCUT2D eigenvalue weighted by molar-refractivity contribution is 5.84. The average molecular weight is 216 g/mol. The predicted octanol–water partition coefficient (Wildman–Crippen LogP) is 3.49. The molecule has 0 radical (unpaired) electrons. The first-order chi connectivity index (χ1) is 7.67. The fourth-order valence-electron chi connectivity index (χ4n) is 1.60. The molecule has 1 rings (SSSR count). The Morgan fingerprint density at radius 1 is 1.44 bits per heavy atom. The Morgan fingerprint density at radius 2 is 2.19 bits per heavy atom. The summed E-state index contributed by atoms with van der Waals surface area (Å²) in [6.07, 6.45) is 5.64. The van der Waals surface area contributed by atoms with Gasteiger partial charge in [0.1, 0.15) is 0 Å². The van der Waals surface area contributed by atoms with Crippen molar-refractivity contribution in [3.05, 3.63) is 41.4 Å². The molecule has 0 fully saturated rings. The number of allylic oxidation sites excluding steroid dienone is 1. The van der Waals surface area contributed by atoms with Crippen molar-refractivity contribution in [3.63, 3.8) is 0 Å². The number of hydrogen-bond donors (Lipinski definition) is 0. The lowest BCUT2D eigenvalue weighted by molar-refractivity contribution is 0.992. The molecule has 1 aromatic rings. The van der Waals surface area contributed by atoms with Crippen LogP contribution in [-0.2, 0) is 12.8 Å². The molecule has 0 spiro atoms. The third kappa shape index (κ3) is 3.61. The van der Waals surface area contributed by atoms with Gasteiger partial charge >= 0.3 is 0 Å². The van der Waals surface area contributed by atoms with Gasteiger partial charge in [0.2, 0.25) is 0 Å². The molecule has 86 valence electrons. The van der Waals surface area contributed by atoms with Gasteiger partial charge in [-0.25, -0.2) is 0 Å². The van der Waals surface area contributed by atoms with Crippen LogP contribution in [0.4, 0.5) is 0 Å². The van der Waals surface area contributed by atoms with Crippen molar-refractivity contribution in [1.82, 2.24) is 4.98 Å². The highest BCUT2D eigenvalue weighted by Crippen LogP contribution is 2.10. The van der Waals surface area contributed by atoms with Crippen LogP contribution in [-0.4, -0.2) is 10.7 Å². The van der Waals surface area contributed by atoms with Crippen LogP contribution in [0.3, 0.4) is 0 Å². The number of hydrogen-bond acceptors (Lipinski definition) is 2. The third-order valence-electron chi connectivity index (χ3n) is 2.46. The number of aryl methyl sites for hydroxylation is 2. The summed E-state index contributed by atoms with van der Waals surface area (Å²) in [5.41, 5.74) is 4.66. The third-order valence-corrected chi connectivity index (χ3v) is 2.46. The molecule has 0 amide bonds. The van der Waals surface area contributed by atoms with Crippen molar-refractivity contribution in [2.75, 3.05) is 0 Å². The van der Waals surface area contributed by atoms with Crippen LogP contribution in [0.1, 0.15) is 37.7 Å². The summed E-state index contributed by atoms with van der Waals surface area (Å²) in [6, 6.07) is 4.24. The van der Waals surface area contributed by atoms with Crippen molar-refractivity contribution >= 4 is 5.71 Å². The van der Waals surface area contributed by atoms with E-state index in [-0.39, 0.29) is 0 Å². The summed E-state index contributed by atoms with van der Waals surface area (Å²) in [6.45, 7) is 8.21. The van der Waals surface area contributed by atoms with Gasteiger partial charge in [0.15, 0.2) is 0 Å². The Hall–Kier alpha value is -1.44. The number of aromatic nitrogens is 1. The zero-order valence-electron chi connectivity index (χ0n) is 10.6. The summed E-state index contributed by atoms with van der Waals surface area (Å²) in [4.78, 5) is 8.93. The van der Waals surface area contributed by atoms with Crippen molar-refractivity contribution in [2.24, 2.45) is 4.99 Å². The zero-order chi connectivity index (χ0) is 12.0. The zero-order valence-corrected chi connectivity index (χ0v) is 10.6. The van der Waals surface area contributed by atoms with E-state index in [4.69, 9.17) is 0 Å². The minimum absolute atomic E-state index is 0.842. The molecule has 0 saturated heterocycles. The molecule has 0 bridgehead atoms. The molecule has 0 aliphatic heterocycles. The van der Waals surface area contributed by atoms with E-state index in [2.05, 4.69) is 29.0 Å². The maximum absolute atomic E-state index is 4.59. The molecular weight excluding hydrogens is 196 g/mol. The Bertz CT molecular complexity index is 403. The van der Waals surface area contributed by atoms with E-state index in [1.54, 1.807) is 0 Å². The van der Waals surface area contributed by atoms with Gasteiger partial charge in [-0.3, -0.25) is 9.98 Å². The number of rotatable bonds is 4. The van der Waals surface area contributed by atoms with Crippen LogP contribution in [0.15, 0.2) is 29.4 Å². The Morgan fingerprint density at radius 3 is 2.81 bits per heavy atom. The molecule has 1 aromatic heterocycles. The van der Waals surface area contributed by atoms with Gasteiger partial charge in [-0.05, 0) is 38.8 Å². The van der Waals surface area contributed by atoms with Crippen LogP contribution in [0.2, 0.25) is 0 Å². The van der Waals surface area contributed by atoms with Gasteiger partial charge in [-0.2, -0.15) is 0 Å². The highest BCUT2D eigenvalue weighted by atomic mass is 14.7. The smallest absolute Gasteiger partial charge is 0.0494 e. The van der Waals surface area contributed by atoms with Gasteiger partial charge < -0.3 is 0 Å². The topological polar surface area (TPSA) is 25.2 Å². The lowest BCUT2D eigenvalue weighted by atomic mass is 10.1. The standard InChI is InChI=1S/C14H20N2/c1-5-9-15-12(4)10-14-13(6-2)8-7-11(3)16-14/h5,7-9H,6,10H2,1-4H3/b9-5-,15-12?. The molecule has 0 unspecified atom stereocenters. The first-order valence-corrected chi connectivity index (χ1v) is 5.77. The van der Waals surface area contributed by atoms with E-state index in [0.29, 0.717) is 0 Å². The van der Waals surface area contributed by atoms with Crippen LogP contribution >= 0.6 is 0 Å². The van der Waals surface area contributed by atoms with E-state index in [0.717, 1.165) is 29.9 Å². The molecule has 0 aliphatic carbocycles. The normalized spacial score (nSPS) is 12.4. The molecule has 0 atom stereocenters. The summed E-state index contributed by atoms with van der Waals surface area (Å²) in [5.74, 6) is 0. The van der Waals surface area contributed by atoms with Gasteiger partial charge in [0.05, 0.1) is 0 Å². The largest absolute Gasteiger partial charge is 0.266 e. The second-order valence-electron chi connectivity index (χ2n) is 3.94. The molecule has 0 saturated carbocycles. The van der Waals surface area contributed by atoms with Crippen molar-refractivity contribution in [1.29, 1.82) is 0 Å². The van der Waals surface area contributed by atoms with Crippen molar-refractivity contribution < 1.29 is 0 Å². The maximum atomic E-state index is 4.59. The Labute approximate surface area is 98.1 Å². The van der Waals surface area contributed by atoms with Gasteiger partial charge in [-0.1, -0.05) is 19.1 Å². The van der Waals surface area contributed by atoms with Crippen molar-refractivity contribution in [3.8, 4) is 0 Å². The Balaban J connectivity index is 2.91. The molecule has 0 aromatic carbocycles. The second-order valence-corrected chi connectivity index (χ2v) is 3.94. The summed E-state index contributed by atoms with van der Waals surface area (Å²) >= 11 is 0. The van der Waals surface area contributed by atoms with Gasteiger partial charge in [0.25, 0.3) is 0 Å². The molecule has 2 heteroatoms. The maximum Gasteiger partial charge on any atom is 0.0494 e. The fraction of sp³-hybridized carbons (Fsp3) is 0.429. The van der Waals surface area contributed by atoms with Crippen LogP contribution in [0.5, 0.6) is 0 Å². The van der Waals surface area contributed by atoms with E-state index >= 15 is 0 Å². The van der Waals surface area contributed by atoms with E-state index in [1.165, 1.54) is 5.56 Å². The summed E-state index contributed by atoms with van der Waals surface area (Å²) < 4.78 is 0. The predicted molar refractivity (Wildman–Crippen MR) is 70.0 cm³/mol. The lowest BCUT2D eigenvalue weighted by Crippen LogP contribution is -2.04. The number of nitrogens with zero attached hydrogens (tertiary/aromatic N) is 2.